The number of ketones is 3. The van der Waals surface area contributed by atoms with Gasteiger partial charge in [0.1, 0.15) is 0 Å². The molecule has 0 aliphatic rings. The summed E-state index contributed by atoms with van der Waals surface area (Å²) < 4.78 is 193. The zero-order valence-corrected chi connectivity index (χ0v) is 27.7. The van der Waals surface area contributed by atoms with E-state index in [1.807, 2.05) is 0 Å². The number of amides is 1. The largest absolute Gasteiger partial charge is 0.446 e. The van der Waals surface area contributed by atoms with Crippen LogP contribution in [-0.2, 0) is 38.2 Å². The molecule has 2 atom stereocenters. The van der Waals surface area contributed by atoms with Crippen molar-refractivity contribution in [1.82, 2.24) is 5.32 Å². The summed E-state index contributed by atoms with van der Waals surface area (Å²) in [6.07, 6.45) is -21.6. The van der Waals surface area contributed by atoms with E-state index in [4.69, 9.17) is 0 Å². The zero-order chi connectivity index (χ0) is 39.8. The number of unbranched alkanes of at least 4 members (excludes halogenated alkanes) is 4. The second kappa shape index (κ2) is 17.2. The Labute approximate surface area is 288 Å². The number of nitrogens with one attached hydrogen (secondary N) is 1. The van der Waals surface area contributed by atoms with Gasteiger partial charge in [-0.05, 0) is 12.8 Å². The summed E-state index contributed by atoms with van der Waals surface area (Å²) >= 11 is 0. The molecule has 0 saturated heterocycles. The van der Waals surface area contributed by atoms with Gasteiger partial charge in [-0.25, -0.2) is 8.37 Å². The van der Waals surface area contributed by atoms with E-state index in [2.05, 4.69) is 8.37 Å². The molecule has 11 nitrogen and oxygen atoms in total. The SMILES string of the molecule is O=C(c1ccccc1)C(OS(=O)(=O)C(F)(F)C(=O)CCCCCCCNC(=O)C(F)(F)S(=O)(=O)OC(C(=O)c1ccccc1)C(F)(F)F)C(F)(F)F. The van der Waals surface area contributed by atoms with Gasteiger partial charge in [0, 0.05) is 24.1 Å². The average molecular weight is 804 g/mol. The van der Waals surface area contributed by atoms with Crippen LogP contribution in [0.25, 0.3) is 0 Å². The molecule has 0 bridgehead atoms. The maximum atomic E-state index is 14.4. The summed E-state index contributed by atoms with van der Waals surface area (Å²) in [5, 5.41) is -9.69. The van der Waals surface area contributed by atoms with Crippen LogP contribution in [0.2, 0.25) is 0 Å². The van der Waals surface area contributed by atoms with Gasteiger partial charge in [0.15, 0.2) is 0 Å². The maximum Gasteiger partial charge on any atom is 0.446 e. The number of hydrogen-bond acceptors (Lipinski definition) is 10. The number of alkyl halides is 10. The number of carbonyl (C=O) groups excluding carboxylic acids is 4. The van der Waals surface area contributed by atoms with Gasteiger partial charge < -0.3 is 5.32 Å². The van der Waals surface area contributed by atoms with Crippen LogP contribution in [0.15, 0.2) is 60.7 Å². The molecule has 1 amide bonds. The second-order valence-corrected chi connectivity index (χ2v) is 13.9. The lowest BCUT2D eigenvalue weighted by molar-refractivity contribution is -0.180. The number of Topliss-reactive ketones (excluding diaryl/α,β-unsaturated/α-hetero) is 3. The summed E-state index contributed by atoms with van der Waals surface area (Å²) in [5.41, 5.74) is -1.47. The molecule has 2 unspecified atom stereocenters. The first-order valence-electron chi connectivity index (χ1n) is 14.5. The smallest absolute Gasteiger partial charge is 0.350 e. The van der Waals surface area contributed by atoms with Crippen molar-refractivity contribution in [2.75, 3.05) is 6.54 Å². The molecule has 0 aliphatic carbocycles. The number of benzene rings is 2. The highest BCUT2D eigenvalue weighted by atomic mass is 32.2. The summed E-state index contributed by atoms with van der Waals surface area (Å²) in [6.45, 7) is -0.718. The number of carbonyl (C=O) groups is 4. The van der Waals surface area contributed by atoms with E-state index in [-0.39, 0.29) is 25.7 Å². The molecule has 0 heterocycles. The molecule has 0 aromatic heterocycles. The van der Waals surface area contributed by atoms with E-state index in [9.17, 15) is 79.9 Å². The third-order valence-corrected chi connectivity index (χ3v) is 9.28. The molecular weight excluding hydrogens is 776 g/mol. The van der Waals surface area contributed by atoms with Crippen molar-refractivity contribution in [3.05, 3.63) is 71.8 Å². The van der Waals surface area contributed by atoms with Crippen molar-refractivity contribution < 1.29 is 88.3 Å². The molecule has 0 aliphatic heterocycles. The number of halogens is 10. The topological polar surface area (TPSA) is 167 Å². The fraction of sp³-hybridized carbons (Fsp3) is 0.448. The van der Waals surface area contributed by atoms with Crippen molar-refractivity contribution in [3.8, 4) is 0 Å². The molecule has 2 aromatic carbocycles. The molecule has 290 valence electrons. The minimum absolute atomic E-state index is 0.0215. The Hall–Kier alpha value is -3.96. The monoisotopic (exact) mass is 803 g/mol. The Bertz CT molecular complexity index is 1650. The summed E-state index contributed by atoms with van der Waals surface area (Å²) in [6, 6.07) is 10.3. The van der Waals surface area contributed by atoms with Gasteiger partial charge in [-0.1, -0.05) is 79.9 Å². The Morgan fingerprint density at radius 3 is 1.33 bits per heavy atom. The Kier molecular flexibility index (Phi) is 14.7. The zero-order valence-electron chi connectivity index (χ0n) is 26.1. The molecule has 23 heteroatoms. The normalized spacial score (nSPS) is 14.3. The second-order valence-electron chi connectivity index (χ2n) is 10.6. The van der Waals surface area contributed by atoms with E-state index in [1.54, 1.807) is 0 Å². The van der Waals surface area contributed by atoms with E-state index < -0.39 is 109 Å². The minimum Gasteiger partial charge on any atom is -0.350 e. The molecule has 2 aromatic rings. The fourth-order valence-electron chi connectivity index (χ4n) is 4.02. The van der Waals surface area contributed by atoms with Crippen molar-refractivity contribution in [1.29, 1.82) is 0 Å². The van der Waals surface area contributed by atoms with Gasteiger partial charge in [0.25, 0.3) is 0 Å². The van der Waals surface area contributed by atoms with Crippen LogP contribution in [0.4, 0.5) is 43.9 Å². The van der Waals surface area contributed by atoms with Crippen molar-refractivity contribution in [2.24, 2.45) is 0 Å². The predicted octanol–water partition coefficient (Wildman–Crippen LogP) is 5.52. The minimum atomic E-state index is -6.71. The summed E-state index contributed by atoms with van der Waals surface area (Å²) in [4.78, 5) is 48.2. The van der Waals surface area contributed by atoms with Crippen molar-refractivity contribution >= 4 is 43.5 Å². The molecule has 2 rings (SSSR count). The van der Waals surface area contributed by atoms with E-state index in [1.165, 1.54) is 17.4 Å². The third kappa shape index (κ3) is 11.3. The van der Waals surface area contributed by atoms with Gasteiger partial charge in [-0.3, -0.25) is 19.2 Å². The highest BCUT2D eigenvalue weighted by Gasteiger charge is 2.60. The third-order valence-electron chi connectivity index (χ3n) is 6.72. The molecule has 0 fully saturated rings. The molecule has 1 N–H and O–H groups in total. The lowest BCUT2D eigenvalue weighted by Gasteiger charge is -2.22. The van der Waals surface area contributed by atoms with Gasteiger partial charge in [0.05, 0.1) is 0 Å². The maximum absolute atomic E-state index is 14.4. The Morgan fingerprint density at radius 1 is 0.558 bits per heavy atom. The van der Waals surface area contributed by atoms with Crippen LogP contribution in [0.5, 0.6) is 0 Å². The van der Waals surface area contributed by atoms with Crippen LogP contribution >= 0.6 is 0 Å². The first-order chi connectivity index (χ1) is 23.8. The van der Waals surface area contributed by atoms with Crippen LogP contribution in [0.3, 0.4) is 0 Å². The van der Waals surface area contributed by atoms with Crippen LogP contribution < -0.4 is 5.32 Å². The van der Waals surface area contributed by atoms with E-state index in [0.717, 1.165) is 48.5 Å². The number of hydrogen-bond donors (Lipinski definition) is 1. The van der Waals surface area contributed by atoms with Crippen LogP contribution in [0, 0.1) is 0 Å². The van der Waals surface area contributed by atoms with Gasteiger partial charge in [-0.2, -0.15) is 60.7 Å². The quantitative estimate of drug-likeness (QED) is 0.0780. The van der Waals surface area contributed by atoms with Crippen molar-refractivity contribution in [3.63, 3.8) is 0 Å². The highest BCUT2D eigenvalue weighted by molar-refractivity contribution is 7.89. The Morgan fingerprint density at radius 2 is 0.923 bits per heavy atom. The first-order valence-corrected chi connectivity index (χ1v) is 17.3. The van der Waals surface area contributed by atoms with Gasteiger partial charge in [0.2, 0.25) is 29.6 Å². The summed E-state index contributed by atoms with van der Waals surface area (Å²) in [5.74, 6) is -9.06. The van der Waals surface area contributed by atoms with Crippen LogP contribution in [-0.4, -0.2) is 81.7 Å². The molecule has 0 saturated carbocycles. The Balaban J connectivity index is 1.87. The standard InChI is InChI=1S/C29H27F10NO10S2/c30-26(31,32)23(21(42)18-12-6-4-7-13-18)49-51(45,46)28(36,37)20(41)16-10-2-1-3-11-17-40-25(44)29(38,39)52(47,48)50-24(27(33,34)35)22(43)19-14-8-5-9-15-19/h4-9,12-15,23-24H,1-3,10-11,16-17H2,(H,40,44). The first kappa shape index (κ1) is 44.2. The van der Waals surface area contributed by atoms with Crippen LogP contribution in [0.1, 0.15) is 59.2 Å². The summed E-state index contributed by atoms with van der Waals surface area (Å²) in [7, 11) is -13.4. The van der Waals surface area contributed by atoms with E-state index >= 15 is 0 Å². The van der Waals surface area contributed by atoms with Gasteiger partial charge in [-0.15, -0.1) is 0 Å². The van der Waals surface area contributed by atoms with E-state index in [0.29, 0.717) is 0 Å². The number of rotatable bonds is 20. The fourth-order valence-corrected chi connectivity index (χ4v) is 5.84. The average Bonchev–Trinajstić information content (AvgIpc) is 3.06. The lowest BCUT2D eigenvalue weighted by Crippen LogP contribution is -2.50. The highest BCUT2D eigenvalue weighted by Crippen LogP contribution is 2.35. The lowest BCUT2D eigenvalue weighted by atomic mass is 10.1. The van der Waals surface area contributed by atoms with Gasteiger partial charge >= 0.3 is 49.0 Å². The molecule has 52 heavy (non-hydrogen) atoms. The molecule has 0 radical (unpaired) electrons. The predicted molar refractivity (Wildman–Crippen MR) is 157 cm³/mol. The van der Waals surface area contributed by atoms with Crippen molar-refractivity contribution in [2.45, 2.75) is 73.6 Å². The molecule has 0 spiro atoms. The molecular formula is C29H27F10NO10S2.